The highest BCUT2D eigenvalue weighted by Crippen LogP contribution is 2.31. The Balaban J connectivity index is 1.71. The van der Waals surface area contributed by atoms with E-state index in [1.165, 1.54) is 23.5 Å². The number of halogens is 2. The summed E-state index contributed by atoms with van der Waals surface area (Å²) in [5.41, 5.74) is 3.10. The van der Waals surface area contributed by atoms with Crippen molar-refractivity contribution in [2.45, 2.75) is 0 Å². The summed E-state index contributed by atoms with van der Waals surface area (Å²) in [7, 11) is 0. The normalized spacial score (nSPS) is 14.8. The SMILES string of the molecule is O=C1Nc2ccc(Cl)cc2/C1=N/c1nc(-c2ccc(F)cc2)cs1. The van der Waals surface area contributed by atoms with Crippen LogP contribution in [0.2, 0.25) is 5.02 Å². The summed E-state index contributed by atoms with van der Waals surface area (Å²) in [5, 5.41) is 5.55. The van der Waals surface area contributed by atoms with E-state index < -0.39 is 0 Å². The fourth-order valence-corrected chi connectivity index (χ4v) is 3.27. The van der Waals surface area contributed by atoms with Crippen LogP contribution >= 0.6 is 22.9 Å². The highest BCUT2D eigenvalue weighted by atomic mass is 35.5. The van der Waals surface area contributed by atoms with E-state index in [2.05, 4.69) is 15.3 Å². The van der Waals surface area contributed by atoms with E-state index in [1.54, 1.807) is 30.3 Å². The number of thiazole rings is 1. The van der Waals surface area contributed by atoms with E-state index in [1.807, 2.05) is 5.38 Å². The largest absolute Gasteiger partial charge is 0.320 e. The lowest BCUT2D eigenvalue weighted by molar-refractivity contribution is -0.110. The third kappa shape index (κ3) is 2.70. The molecule has 0 spiro atoms. The molecule has 1 aliphatic rings. The van der Waals surface area contributed by atoms with Crippen molar-refractivity contribution in [3.63, 3.8) is 0 Å². The Labute approximate surface area is 145 Å². The van der Waals surface area contributed by atoms with E-state index in [0.29, 0.717) is 27.1 Å². The van der Waals surface area contributed by atoms with Gasteiger partial charge in [0, 0.05) is 21.5 Å². The summed E-state index contributed by atoms with van der Waals surface area (Å²) in [6.45, 7) is 0. The number of aromatic nitrogens is 1. The molecule has 0 atom stereocenters. The Morgan fingerprint density at radius 3 is 2.75 bits per heavy atom. The number of rotatable bonds is 2. The molecule has 1 aromatic heterocycles. The van der Waals surface area contributed by atoms with Crippen molar-refractivity contribution >= 4 is 45.4 Å². The van der Waals surface area contributed by atoms with E-state index in [4.69, 9.17) is 11.6 Å². The summed E-state index contributed by atoms with van der Waals surface area (Å²) in [4.78, 5) is 20.9. The lowest BCUT2D eigenvalue weighted by Crippen LogP contribution is -2.13. The highest BCUT2D eigenvalue weighted by molar-refractivity contribution is 7.13. The second kappa shape index (κ2) is 5.81. The quantitative estimate of drug-likeness (QED) is 0.724. The summed E-state index contributed by atoms with van der Waals surface area (Å²) < 4.78 is 13.0. The van der Waals surface area contributed by atoms with E-state index in [0.717, 1.165) is 5.56 Å². The molecule has 4 rings (SSSR count). The van der Waals surface area contributed by atoms with E-state index in [-0.39, 0.29) is 17.4 Å². The third-order valence-corrected chi connectivity index (χ3v) is 4.51. The second-order valence-corrected chi connectivity index (χ2v) is 6.40. The van der Waals surface area contributed by atoms with Gasteiger partial charge in [-0.3, -0.25) is 4.79 Å². The zero-order chi connectivity index (χ0) is 16.7. The van der Waals surface area contributed by atoms with Gasteiger partial charge in [0.25, 0.3) is 5.91 Å². The summed E-state index contributed by atoms with van der Waals surface area (Å²) in [5.74, 6) is -0.587. The maximum Gasteiger partial charge on any atom is 0.275 e. The molecule has 0 aliphatic carbocycles. The second-order valence-electron chi connectivity index (χ2n) is 5.13. The van der Waals surface area contributed by atoms with Crippen LogP contribution in [0.5, 0.6) is 0 Å². The van der Waals surface area contributed by atoms with Crippen LogP contribution in [-0.4, -0.2) is 16.6 Å². The smallest absolute Gasteiger partial charge is 0.275 e. The maximum atomic E-state index is 13.0. The molecular weight excluding hydrogens is 349 g/mol. The Morgan fingerprint density at radius 1 is 1.17 bits per heavy atom. The number of amides is 1. The zero-order valence-electron chi connectivity index (χ0n) is 12.1. The van der Waals surface area contributed by atoms with Gasteiger partial charge in [-0.1, -0.05) is 11.6 Å². The maximum absolute atomic E-state index is 13.0. The molecule has 0 saturated heterocycles. The molecule has 0 fully saturated rings. The summed E-state index contributed by atoms with van der Waals surface area (Å²) >= 11 is 7.31. The first kappa shape index (κ1) is 15.0. The van der Waals surface area contributed by atoms with Crippen molar-refractivity contribution in [3.05, 3.63) is 64.2 Å². The Morgan fingerprint density at radius 2 is 1.96 bits per heavy atom. The molecule has 118 valence electrons. The first-order chi connectivity index (χ1) is 11.6. The third-order valence-electron chi connectivity index (χ3n) is 3.54. The lowest BCUT2D eigenvalue weighted by Gasteiger charge is -1.97. The number of anilines is 1. The van der Waals surface area contributed by atoms with Gasteiger partial charge >= 0.3 is 0 Å². The number of nitrogens with one attached hydrogen (secondary N) is 1. The number of hydrogen-bond donors (Lipinski definition) is 1. The molecule has 7 heteroatoms. The fourth-order valence-electron chi connectivity index (χ4n) is 2.40. The average Bonchev–Trinajstić information content (AvgIpc) is 3.14. The Bertz CT molecular complexity index is 982. The van der Waals surface area contributed by atoms with Crippen LogP contribution in [-0.2, 0) is 4.79 Å². The number of benzene rings is 2. The molecule has 24 heavy (non-hydrogen) atoms. The van der Waals surface area contributed by atoms with Crippen molar-refractivity contribution in [2.75, 3.05) is 5.32 Å². The molecule has 1 amide bonds. The number of nitrogens with zero attached hydrogens (tertiary/aromatic N) is 2. The predicted octanol–water partition coefficient (Wildman–Crippen LogP) is 4.68. The molecule has 0 bridgehead atoms. The molecule has 2 aromatic carbocycles. The van der Waals surface area contributed by atoms with Crippen molar-refractivity contribution in [1.82, 2.24) is 4.98 Å². The zero-order valence-corrected chi connectivity index (χ0v) is 13.7. The van der Waals surface area contributed by atoms with Crippen LogP contribution in [0.3, 0.4) is 0 Å². The van der Waals surface area contributed by atoms with Crippen LogP contribution < -0.4 is 5.32 Å². The number of carbonyl (C=O) groups is 1. The van der Waals surface area contributed by atoms with Crippen LogP contribution in [0.4, 0.5) is 15.2 Å². The molecule has 0 unspecified atom stereocenters. The van der Waals surface area contributed by atoms with Gasteiger partial charge in [-0.25, -0.2) is 14.4 Å². The van der Waals surface area contributed by atoms with Gasteiger partial charge in [-0.05, 0) is 42.5 Å². The molecule has 2 heterocycles. The van der Waals surface area contributed by atoms with Crippen molar-refractivity contribution in [3.8, 4) is 11.3 Å². The number of carbonyl (C=O) groups excluding carboxylic acids is 1. The van der Waals surface area contributed by atoms with Gasteiger partial charge in [-0.2, -0.15) is 0 Å². The van der Waals surface area contributed by atoms with E-state index >= 15 is 0 Å². The molecule has 1 N–H and O–H groups in total. The Hall–Kier alpha value is -2.57. The first-order valence-corrected chi connectivity index (χ1v) is 8.27. The molecule has 4 nitrogen and oxygen atoms in total. The van der Waals surface area contributed by atoms with Crippen molar-refractivity contribution in [2.24, 2.45) is 4.99 Å². The average molecular weight is 358 g/mol. The minimum absolute atomic E-state index is 0.285. The first-order valence-electron chi connectivity index (χ1n) is 7.01. The topological polar surface area (TPSA) is 54.4 Å². The molecule has 0 radical (unpaired) electrons. The predicted molar refractivity (Wildman–Crippen MR) is 93.8 cm³/mol. The summed E-state index contributed by atoms with van der Waals surface area (Å²) in [6.07, 6.45) is 0. The van der Waals surface area contributed by atoms with Crippen LogP contribution in [0.25, 0.3) is 11.3 Å². The van der Waals surface area contributed by atoms with Gasteiger partial charge in [0.15, 0.2) is 0 Å². The molecule has 3 aromatic rings. The van der Waals surface area contributed by atoms with E-state index in [9.17, 15) is 9.18 Å². The standard InChI is InChI=1S/C17H9ClFN3OS/c18-10-3-6-13-12(7-10)15(16(23)20-13)22-17-21-14(8-24-17)9-1-4-11(19)5-2-9/h1-8H,(H,20,21,22,23). The van der Waals surface area contributed by atoms with Gasteiger partial charge in [0.2, 0.25) is 5.13 Å². The molecule has 0 saturated carbocycles. The fraction of sp³-hybridized carbons (Fsp3) is 0. The van der Waals surface area contributed by atoms with Crippen LogP contribution in [0.15, 0.2) is 52.8 Å². The monoisotopic (exact) mass is 357 g/mol. The van der Waals surface area contributed by atoms with Gasteiger partial charge in [0.05, 0.1) is 11.4 Å². The number of aliphatic imine (C=N–C) groups is 1. The van der Waals surface area contributed by atoms with Crippen molar-refractivity contribution < 1.29 is 9.18 Å². The van der Waals surface area contributed by atoms with Gasteiger partial charge < -0.3 is 5.32 Å². The Kier molecular flexibility index (Phi) is 3.63. The molecular formula is C17H9ClFN3OS. The molecule has 1 aliphatic heterocycles. The number of fused-ring (bicyclic) bond motifs is 1. The highest BCUT2D eigenvalue weighted by Gasteiger charge is 2.26. The van der Waals surface area contributed by atoms with Gasteiger partial charge in [-0.15, -0.1) is 11.3 Å². The van der Waals surface area contributed by atoms with Gasteiger partial charge in [0.1, 0.15) is 11.5 Å². The van der Waals surface area contributed by atoms with Crippen LogP contribution in [0.1, 0.15) is 5.56 Å². The summed E-state index contributed by atoms with van der Waals surface area (Å²) in [6, 6.07) is 11.2. The minimum Gasteiger partial charge on any atom is -0.320 e. The lowest BCUT2D eigenvalue weighted by atomic mass is 10.1. The van der Waals surface area contributed by atoms with Crippen molar-refractivity contribution in [1.29, 1.82) is 0 Å². The minimum atomic E-state index is -0.300. The van der Waals surface area contributed by atoms with Crippen LogP contribution in [0, 0.1) is 5.82 Å². The number of hydrogen-bond acceptors (Lipinski definition) is 4.